The fraction of sp³-hybridized carbons (Fsp3) is 0.905. The fourth-order valence-corrected chi connectivity index (χ4v) is 3.61. The van der Waals surface area contributed by atoms with Crippen molar-refractivity contribution in [3.05, 3.63) is 12.4 Å². The molecule has 0 spiro atoms. The quantitative estimate of drug-likeness (QED) is 0.316. The van der Waals surface area contributed by atoms with Crippen molar-refractivity contribution in [1.29, 1.82) is 0 Å². The Morgan fingerprint density at radius 3 is 1.74 bits per heavy atom. The molecule has 0 aromatic heterocycles. The molecule has 1 aliphatic rings. The van der Waals surface area contributed by atoms with Gasteiger partial charge in [-0.15, -0.1) is 0 Å². The summed E-state index contributed by atoms with van der Waals surface area (Å²) in [5.41, 5.74) is 0. The average molecular weight is 323 g/mol. The summed E-state index contributed by atoms with van der Waals surface area (Å²) in [6.45, 7) is 9.26. The predicted octanol–water partition coefficient (Wildman–Crippen LogP) is 6.53. The Morgan fingerprint density at radius 1 is 0.609 bits per heavy atom. The lowest BCUT2D eigenvalue weighted by Gasteiger charge is -2.32. The van der Waals surface area contributed by atoms with Crippen LogP contribution < -0.4 is 0 Å². The van der Waals surface area contributed by atoms with E-state index < -0.39 is 0 Å². The summed E-state index contributed by atoms with van der Waals surface area (Å²) >= 11 is 0. The molecule has 1 unspecified atom stereocenters. The second-order valence-electron chi connectivity index (χ2n) is 7.17. The van der Waals surface area contributed by atoms with Gasteiger partial charge in [0.1, 0.15) is 6.17 Å². The van der Waals surface area contributed by atoms with E-state index in [0.29, 0.717) is 6.17 Å². The maximum atomic E-state index is 2.60. The van der Waals surface area contributed by atoms with E-state index in [4.69, 9.17) is 0 Å². The summed E-state index contributed by atoms with van der Waals surface area (Å²) in [5.74, 6) is 0. The number of unbranched alkanes of at least 4 members (excludes halogenated alkanes) is 10. The summed E-state index contributed by atoms with van der Waals surface area (Å²) in [5, 5.41) is 0. The van der Waals surface area contributed by atoms with E-state index in [0.717, 1.165) is 6.54 Å². The van der Waals surface area contributed by atoms with E-state index in [9.17, 15) is 0 Å². The van der Waals surface area contributed by atoms with E-state index in [-0.39, 0.29) is 0 Å². The van der Waals surface area contributed by atoms with Crippen molar-refractivity contribution in [2.24, 2.45) is 0 Å². The molecular formula is C21H42N2. The second-order valence-corrected chi connectivity index (χ2v) is 7.17. The van der Waals surface area contributed by atoms with E-state index in [1.54, 1.807) is 0 Å². The minimum Gasteiger partial charge on any atom is -0.356 e. The maximum Gasteiger partial charge on any atom is 0.101 e. The van der Waals surface area contributed by atoms with Gasteiger partial charge in [-0.25, -0.2) is 0 Å². The molecule has 1 rings (SSSR count). The molecule has 0 bridgehead atoms. The zero-order valence-corrected chi connectivity index (χ0v) is 16.2. The van der Waals surface area contributed by atoms with Gasteiger partial charge in [0.05, 0.1) is 0 Å². The molecule has 2 heteroatoms. The number of rotatable bonds is 15. The standard InChI is InChI=1S/C21H42N2/c1-4-7-9-11-12-13-14-16-18-23-20-19-22(6-3)21(23)17-15-10-8-5-2/h19-21H,4-18H2,1-3H3. The number of hydrogen-bond acceptors (Lipinski definition) is 2. The lowest BCUT2D eigenvalue weighted by atomic mass is 10.1. The molecule has 0 fully saturated rings. The molecule has 1 atom stereocenters. The van der Waals surface area contributed by atoms with Crippen LogP contribution in [0.1, 0.15) is 104 Å². The third-order valence-corrected chi connectivity index (χ3v) is 5.17. The highest BCUT2D eigenvalue weighted by Gasteiger charge is 2.23. The molecular weight excluding hydrogens is 280 g/mol. The first kappa shape index (κ1) is 20.4. The van der Waals surface area contributed by atoms with Crippen LogP contribution in [-0.2, 0) is 0 Å². The van der Waals surface area contributed by atoms with Crippen LogP contribution in [0.2, 0.25) is 0 Å². The topological polar surface area (TPSA) is 6.48 Å². The monoisotopic (exact) mass is 322 g/mol. The molecule has 0 aromatic carbocycles. The zero-order valence-electron chi connectivity index (χ0n) is 16.2. The summed E-state index contributed by atoms with van der Waals surface area (Å²) in [6.07, 6.45) is 23.4. The highest BCUT2D eigenvalue weighted by molar-refractivity contribution is 4.96. The van der Waals surface area contributed by atoms with Gasteiger partial charge in [0.25, 0.3) is 0 Å². The molecule has 2 nitrogen and oxygen atoms in total. The smallest absolute Gasteiger partial charge is 0.101 e. The summed E-state index contributed by atoms with van der Waals surface area (Å²) in [6, 6.07) is 0. The molecule has 23 heavy (non-hydrogen) atoms. The van der Waals surface area contributed by atoms with Gasteiger partial charge in [-0.2, -0.15) is 0 Å². The molecule has 0 radical (unpaired) electrons. The van der Waals surface area contributed by atoms with Gasteiger partial charge in [-0.1, -0.05) is 78.1 Å². The summed E-state index contributed by atoms with van der Waals surface area (Å²) in [4.78, 5) is 5.13. The highest BCUT2D eigenvalue weighted by atomic mass is 15.4. The SMILES string of the molecule is CCCCCCCCCCN1C=CN(CC)C1CCCCCC. The van der Waals surface area contributed by atoms with Crippen LogP contribution in [0.4, 0.5) is 0 Å². The fourth-order valence-electron chi connectivity index (χ4n) is 3.61. The first-order valence-electron chi connectivity index (χ1n) is 10.5. The maximum absolute atomic E-state index is 2.60. The lowest BCUT2D eigenvalue weighted by Crippen LogP contribution is -2.38. The van der Waals surface area contributed by atoms with Gasteiger partial charge in [0, 0.05) is 25.5 Å². The molecule has 136 valence electrons. The van der Waals surface area contributed by atoms with E-state index >= 15 is 0 Å². The van der Waals surface area contributed by atoms with E-state index in [1.165, 1.54) is 90.0 Å². The number of nitrogens with zero attached hydrogens (tertiary/aromatic N) is 2. The van der Waals surface area contributed by atoms with Gasteiger partial charge in [0.2, 0.25) is 0 Å². The zero-order chi connectivity index (χ0) is 16.8. The lowest BCUT2D eigenvalue weighted by molar-refractivity contribution is 0.142. The molecule has 0 aromatic rings. The van der Waals surface area contributed by atoms with Crippen molar-refractivity contribution < 1.29 is 0 Å². The van der Waals surface area contributed by atoms with Crippen molar-refractivity contribution in [1.82, 2.24) is 9.80 Å². The van der Waals surface area contributed by atoms with E-state index in [1.807, 2.05) is 0 Å². The number of hydrogen-bond donors (Lipinski definition) is 0. The van der Waals surface area contributed by atoms with Crippen LogP contribution in [0.5, 0.6) is 0 Å². The van der Waals surface area contributed by atoms with Crippen molar-refractivity contribution in [3.8, 4) is 0 Å². The van der Waals surface area contributed by atoms with Crippen molar-refractivity contribution in [2.45, 2.75) is 110 Å². The third-order valence-electron chi connectivity index (χ3n) is 5.17. The Balaban J connectivity index is 2.13. The Hall–Kier alpha value is -0.660. The molecule has 0 amide bonds. The van der Waals surface area contributed by atoms with Gasteiger partial charge in [-0.3, -0.25) is 0 Å². The van der Waals surface area contributed by atoms with E-state index in [2.05, 4.69) is 43.0 Å². The minimum atomic E-state index is 0.640. The Morgan fingerprint density at radius 2 is 1.13 bits per heavy atom. The first-order chi connectivity index (χ1) is 11.3. The van der Waals surface area contributed by atoms with Gasteiger partial charge >= 0.3 is 0 Å². The van der Waals surface area contributed by atoms with Gasteiger partial charge < -0.3 is 9.80 Å². The van der Waals surface area contributed by atoms with Crippen molar-refractivity contribution in [2.75, 3.05) is 13.1 Å². The van der Waals surface area contributed by atoms with Crippen molar-refractivity contribution in [3.63, 3.8) is 0 Å². The Bertz CT molecular complexity index is 288. The Labute approximate surface area is 146 Å². The molecule has 0 aliphatic carbocycles. The molecule has 1 heterocycles. The Kier molecular flexibility index (Phi) is 12.2. The largest absolute Gasteiger partial charge is 0.356 e. The van der Waals surface area contributed by atoms with Crippen LogP contribution in [-0.4, -0.2) is 29.1 Å². The van der Waals surface area contributed by atoms with Crippen molar-refractivity contribution >= 4 is 0 Å². The first-order valence-corrected chi connectivity index (χ1v) is 10.5. The predicted molar refractivity (Wildman–Crippen MR) is 103 cm³/mol. The van der Waals surface area contributed by atoms with Gasteiger partial charge in [-0.05, 0) is 26.2 Å². The highest BCUT2D eigenvalue weighted by Crippen LogP contribution is 2.22. The average Bonchev–Trinajstić information content (AvgIpc) is 2.96. The molecule has 0 N–H and O–H groups in total. The van der Waals surface area contributed by atoms with Crippen LogP contribution >= 0.6 is 0 Å². The van der Waals surface area contributed by atoms with Crippen LogP contribution in [0.25, 0.3) is 0 Å². The van der Waals surface area contributed by atoms with Crippen LogP contribution in [0, 0.1) is 0 Å². The minimum absolute atomic E-state index is 0.640. The molecule has 1 aliphatic heterocycles. The second kappa shape index (κ2) is 13.7. The molecule has 0 saturated carbocycles. The summed E-state index contributed by atoms with van der Waals surface area (Å²) < 4.78 is 0. The normalized spacial score (nSPS) is 17.4. The van der Waals surface area contributed by atoms with Crippen LogP contribution in [0.15, 0.2) is 12.4 Å². The third kappa shape index (κ3) is 8.67. The summed E-state index contributed by atoms with van der Waals surface area (Å²) in [7, 11) is 0. The van der Waals surface area contributed by atoms with Gasteiger partial charge in [0.15, 0.2) is 0 Å². The van der Waals surface area contributed by atoms with Crippen LogP contribution in [0.3, 0.4) is 0 Å². The molecule has 0 saturated heterocycles.